The maximum absolute atomic E-state index is 12.2. The number of carbonyl (C=O) groups excluding carboxylic acids is 1. The first-order chi connectivity index (χ1) is 15.2. The highest BCUT2D eigenvalue weighted by atomic mass is 16.5. The molecule has 1 aromatic carbocycles. The minimum atomic E-state index is -0.107. The molecule has 0 spiro atoms. The van der Waals surface area contributed by atoms with Crippen LogP contribution >= 0.6 is 0 Å². The van der Waals surface area contributed by atoms with Crippen LogP contribution in [0, 0.1) is 0 Å². The number of ether oxygens (including phenoxy) is 1. The van der Waals surface area contributed by atoms with Crippen LogP contribution in [0.1, 0.15) is 18.3 Å². The van der Waals surface area contributed by atoms with Crippen molar-refractivity contribution in [3.63, 3.8) is 0 Å². The maximum atomic E-state index is 12.2. The summed E-state index contributed by atoms with van der Waals surface area (Å²) in [6.45, 7) is 2.01. The van der Waals surface area contributed by atoms with Crippen LogP contribution in [0.25, 0.3) is 11.3 Å². The molecule has 0 bridgehead atoms. The molecule has 0 atom stereocenters. The van der Waals surface area contributed by atoms with Crippen molar-refractivity contribution >= 4 is 11.6 Å². The zero-order valence-corrected chi connectivity index (χ0v) is 17.0. The van der Waals surface area contributed by atoms with Gasteiger partial charge in [0.2, 0.25) is 11.8 Å². The molecule has 0 unspecified atom stereocenters. The lowest BCUT2D eigenvalue weighted by atomic mass is 10.1. The lowest BCUT2D eigenvalue weighted by Gasteiger charge is -2.10. The molecular formula is C24H21N5O2. The summed E-state index contributed by atoms with van der Waals surface area (Å²) in [6.07, 6.45) is 7.70. The number of amides is 1. The first-order valence-corrected chi connectivity index (χ1v) is 9.95. The van der Waals surface area contributed by atoms with Gasteiger partial charge in [-0.25, -0.2) is 15.0 Å². The fourth-order valence-corrected chi connectivity index (χ4v) is 3.00. The minimum absolute atomic E-state index is 0.107. The lowest BCUT2D eigenvalue weighted by Crippen LogP contribution is -2.14. The zero-order valence-electron chi connectivity index (χ0n) is 17.0. The molecule has 7 nitrogen and oxygen atoms in total. The maximum Gasteiger partial charge on any atom is 0.228 e. The van der Waals surface area contributed by atoms with Crippen molar-refractivity contribution in [1.29, 1.82) is 0 Å². The third-order valence-corrected chi connectivity index (χ3v) is 4.52. The largest absolute Gasteiger partial charge is 0.438 e. The molecule has 0 aliphatic rings. The Morgan fingerprint density at radius 3 is 2.58 bits per heavy atom. The molecule has 154 valence electrons. The Hall–Kier alpha value is -4.13. The van der Waals surface area contributed by atoms with Gasteiger partial charge in [-0.3, -0.25) is 9.78 Å². The minimum Gasteiger partial charge on any atom is -0.438 e. The zero-order chi connectivity index (χ0) is 21.5. The number of hydrogen-bond acceptors (Lipinski definition) is 6. The monoisotopic (exact) mass is 411 g/mol. The van der Waals surface area contributed by atoms with Gasteiger partial charge in [0.15, 0.2) is 0 Å². The topological polar surface area (TPSA) is 89.9 Å². The second kappa shape index (κ2) is 9.58. The lowest BCUT2D eigenvalue weighted by molar-refractivity contribution is -0.115. The Morgan fingerprint density at radius 1 is 0.968 bits per heavy atom. The summed E-state index contributed by atoms with van der Waals surface area (Å²) < 4.78 is 6.01. The predicted molar refractivity (Wildman–Crippen MR) is 118 cm³/mol. The van der Waals surface area contributed by atoms with Gasteiger partial charge >= 0.3 is 0 Å². The molecule has 0 fully saturated rings. The summed E-state index contributed by atoms with van der Waals surface area (Å²) in [5.41, 5.74) is 3.10. The van der Waals surface area contributed by atoms with Crippen molar-refractivity contribution in [2.45, 2.75) is 19.8 Å². The number of rotatable bonds is 7. The van der Waals surface area contributed by atoms with Crippen molar-refractivity contribution in [3.05, 3.63) is 90.8 Å². The highest BCUT2D eigenvalue weighted by Gasteiger charge is 2.11. The smallest absolute Gasteiger partial charge is 0.228 e. The molecule has 31 heavy (non-hydrogen) atoms. The highest BCUT2D eigenvalue weighted by molar-refractivity contribution is 5.92. The van der Waals surface area contributed by atoms with E-state index >= 15 is 0 Å². The van der Waals surface area contributed by atoms with Crippen LogP contribution in [-0.4, -0.2) is 25.8 Å². The van der Waals surface area contributed by atoms with Gasteiger partial charge in [-0.05, 0) is 48.0 Å². The van der Waals surface area contributed by atoms with E-state index in [1.165, 1.54) is 0 Å². The van der Waals surface area contributed by atoms with Crippen LogP contribution in [0.5, 0.6) is 11.6 Å². The van der Waals surface area contributed by atoms with Crippen molar-refractivity contribution < 1.29 is 9.53 Å². The van der Waals surface area contributed by atoms with E-state index in [0.717, 1.165) is 29.1 Å². The van der Waals surface area contributed by atoms with E-state index in [1.54, 1.807) is 36.9 Å². The Bertz CT molecular complexity index is 1160. The highest BCUT2D eigenvalue weighted by Crippen LogP contribution is 2.30. The Balaban J connectivity index is 1.45. The van der Waals surface area contributed by atoms with Gasteiger partial charge < -0.3 is 10.1 Å². The first kappa shape index (κ1) is 20.2. The molecule has 4 rings (SSSR count). The summed E-state index contributed by atoms with van der Waals surface area (Å²) in [4.78, 5) is 29.4. The molecule has 0 saturated heterocycles. The number of anilines is 1. The number of aromatic nitrogens is 4. The van der Waals surface area contributed by atoms with E-state index in [9.17, 15) is 4.79 Å². The van der Waals surface area contributed by atoms with Crippen molar-refractivity contribution in [2.75, 3.05) is 5.32 Å². The molecule has 0 aliphatic heterocycles. The van der Waals surface area contributed by atoms with Gasteiger partial charge in [0.25, 0.3) is 0 Å². The molecule has 3 aromatic heterocycles. The SMILES string of the molecule is CCc1nccc(-c2cccnc2Oc2ccc(CC(=O)Nc3cccnc3)cc2)n1. The normalized spacial score (nSPS) is 10.5. The molecule has 1 N–H and O–H groups in total. The van der Waals surface area contributed by atoms with Crippen LogP contribution in [0.3, 0.4) is 0 Å². The summed E-state index contributed by atoms with van der Waals surface area (Å²) in [5.74, 6) is 1.75. The average molecular weight is 411 g/mol. The molecule has 0 saturated carbocycles. The van der Waals surface area contributed by atoms with Crippen LogP contribution in [0.15, 0.2) is 79.4 Å². The van der Waals surface area contributed by atoms with Crippen LogP contribution in [-0.2, 0) is 17.6 Å². The van der Waals surface area contributed by atoms with Gasteiger partial charge in [-0.1, -0.05) is 19.1 Å². The fourth-order valence-electron chi connectivity index (χ4n) is 3.00. The second-order valence-electron chi connectivity index (χ2n) is 6.78. The summed E-state index contributed by atoms with van der Waals surface area (Å²) in [7, 11) is 0. The van der Waals surface area contributed by atoms with Gasteiger partial charge in [-0.15, -0.1) is 0 Å². The van der Waals surface area contributed by atoms with Crippen LogP contribution < -0.4 is 10.1 Å². The Kier molecular flexibility index (Phi) is 6.23. The molecule has 0 aliphatic carbocycles. The quantitative estimate of drug-likeness (QED) is 0.483. The summed E-state index contributed by atoms with van der Waals surface area (Å²) >= 11 is 0. The molecular weight excluding hydrogens is 390 g/mol. The van der Waals surface area contributed by atoms with Crippen molar-refractivity contribution in [2.24, 2.45) is 0 Å². The standard InChI is InChI=1S/C24H21N5O2/c1-2-22-26-14-11-21(29-22)20-6-4-13-27-24(20)31-19-9-7-17(8-10-19)15-23(30)28-18-5-3-12-25-16-18/h3-14,16H,2,15H2,1H3,(H,28,30). The van der Waals surface area contributed by atoms with E-state index in [0.29, 0.717) is 17.3 Å². The Morgan fingerprint density at radius 2 is 1.81 bits per heavy atom. The number of pyridine rings is 2. The fraction of sp³-hybridized carbons (Fsp3) is 0.125. The van der Waals surface area contributed by atoms with E-state index < -0.39 is 0 Å². The van der Waals surface area contributed by atoms with Gasteiger partial charge in [0, 0.05) is 25.0 Å². The van der Waals surface area contributed by atoms with Crippen molar-refractivity contribution in [3.8, 4) is 22.9 Å². The summed E-state index contributed by atoms with van der Waals surface area (Å²) in [5, 5.41) is 2.83. The molecule has 4 aromatic rings. The van der Waals surface area contributed by atoms with Gasteiger partial charge in [0.05, 0.1) is 29.6 Å². The van der Waals surface area contributed by atoms with E-state index in [-0.39, 0.29) is 12.3 Å². The van der Waals surface area contributed by atoms with E-state index in [2.05, 4.69) is 25.3 Å². The third-order valence-electron chi connectivity index (χ3n) is 4.52. The average Bonchev–Trinajstić information content (AvgIpc) is 2.81. The van der Waals surface area contributed by atoms with Crippen LogP contribution in [0.4, 0.5) is 5.69 Å². The van der Waals surface area contributed by atoms with Crippen LogP contribution in [0.2, 0.25) is 0 Å². The van der Waals surface area contributed by atoms with E-state index in [1.807, 2.05) is 49.4 Å². The molecule has 1 amide bonds. The number of aryl methyl sites for hydroxylation is 1. The third kappa shape index (κ3) is 5.27. The van der Waals surface area contributed by atoms with Gasteiger partial charge in [0.1, 0.15) is 11.6 Å². The molecule has 7 heteroatoms. The van der Waals surface area contributed by atoms with Gasteiger partial charge in [-0.2, -0.15) is 0 Å². The number of nitrogens with one attached hydrogen (secondary N) is 1. The summed E-state index contributed by atoms with van der Waals surface area (Å²) in [6, 6.07) is 16.5. The Labute approximate surface area is 180 Å². The van der Waals surface area contributed by atoms with E-state index in [4.69, 9.17) is 4.74 Å². The number of benzene rings is 1. The second-order valence-corrected chi connectivity index (χ2v) is 6.78. The number of carbonyl (C=O) groups is 1. The van der Waals surface area contributed by atoms with Crippen molar-refractivity contribution in [1.82, 2.24) is 19.9 Å². The molecule has 3 heterocycles. The predicted octanol–water partition coefficient (Wildman–Crippen LogP) is 4.47. The number of nitrogens with zero attached hydrogens (tertiary/aromatic N) is 4. The molecule has 0 radical (unpaired) electrons. The first-order valence-electron chi connectivity index (χ1n) is 9.95. The number of hydrogen-bond donors (Lipinski definition) is 1.